The predicted octanol–water partition coefficient (Wildman–Crippen LogP) is 1.23. The van der Waals surface area contributed by atoms with Crippen LogP contribution >= 0.6 is 0 Å². The fraction of sp³-hybridized carbons (Fsp3) is 0.700. The number of hydrogen-bond donors (Lipinski definition) is 1. The van der Waals surface area contributed by atoms with Gasteiger partial charge in [0.25, 0.3) is 0 Å². The second kappa shape index (κ2) is 3.99. The molecular weight excluding hydrogens is 224 g/mol. The van der Waals surface area contributed by atoms with Crippen LogP contribution in [0.2, 0.25) is 0 Å². The standard InChI is InChI=1S/C10H16N4O3/c1-7-11-8(14(15)16)9(13(7)3)12-10(2)4-5-17-6-10/h12H,4-6H2,1-3H3. The van der Waals surface area contributed by atoms with E-state index < -0.39 is 4.92 Å². The Kier molecular flexibility index (Phi) is 2.78. The number of nitro groups is 1. The van der Waals surface area contributed by atoms with Crippen molar-refractivity contribution in [2.75, 3.05) is 18.5 Å². The molecule has 2 heterocycles. The minimum absolute atomic E-state index is 0.127. The van der Waals surface area contributed by atoms with Crippen LogP contribution in [-0.2, 0) is 11.8 Å². The number of aromatic nitrogens is 2. The highest BCUT2D eigenvalue weighted by molar-refractivity contribution is 5.55. The zero-order chi connectivity index (χ0) is 12.6. The van der Waals surface area contributed by atoms with Crippen molar-refractivity contribution in [3.63, 3.8) is 0 Å². The fourth-order valence-electron chi connectivity index (χ4n) is 1.91. The number of nitrogens with zero attached hydrogens (tertiary/aromatic N) is 3. The molecule has 0 aromatic carbocycles. The summed E-state index contributed by atoms with van der Waals surface area (Å²) in [6, 6.07) is 0. The third-order valence-corrected chi connectivity index (χ3v) is 3.11. The van der Waals surface area contributed by atoms with E-state index in [1.165, 1.54) is 0 Å². The van der Waals surface area contributed by atoms with E-state index in [4.69, 9.17) is 4.74 Å². The number of imidazole rings is 1. The Morgan fingerprint density at radius 2 is 2.35 bits per heavy atom. The summed E-state index contributed by atoms with van der Waals surface area (Å²) < 4.78 is 7.01. The molecule has 0 saturated carbocycles. The molecule has 1 aromatic rings. The number of hydrogen-bond acceptors (Lipinski definition) is 5. The minimum atomic E-state index is -0.464. The van der Waals surface area contributed by atoms with Crippen molar-refractivity contribution in [1.29, 1.82) is 0 Å². The fourth-order valence-corrected chi connectivity index (χ4v) is 1.91. The van der Waals surface area contributed by atoms with Gasteiger partial charge in [-0.05, 0) is 23.3 Å². The van der Waals surface area contributed by atoms with E-state index in [2.05, 4.69) is 10.3 Å². The van der Waals surface area contributed by atoms with Crippen LogP contribution in [0.3, 0.4) is 0 Å². The number of ether oxygens (including phenoxy) is 1. The van der Waals surface area contributed by atoms with Crippen LogP contribution in [-0.4, -0.2) is 33.2 Å². The second-order valence-electron chi connectivity index (χ2n) is 4.64. The van der Waals surface area contributed by atoms with E-state index in [0.717, 1.165) is 6.42 Å². The summed E-state index contributed by atoms with van der Waals surface area (Å²) in [6.07, 6.45) is 0.828. The van der Waals surface area contributed by atoms with Crippen molar-refractivity contribution in [3.8, 4) is 0 Å². The number of anilines is 1. The first-order valence-electron chi connectivity index (χ1n) is 5.46. The summed E-state index contributed by atoms with van der Waals surface area (Å²) in [7, 11) is 1.76. The van der Waals surface area contributed by atoms with Gasteiger partial charge >= 0.3 is 5.82 Å². The van der Waals surface area contributed by atoms with Gasteiger partial charge in [0.1, 0.15) is 0 Å². The van der Waals surface area contributed by atoms with Crippen LogP contribution in [0.5, 0.6) is 0 Å². The smallest absolute Gasteiger partial charge is 0.379 e. The molecule has 1 aromatic heterocycles. The molecule has 1 atom stereocenters. The lowest BCUT2D eigenvalue weighted by Crippen LogP contribution is -2.36. The van der Waals surface area contributed by atoms with Crippen LogP contribution in [0, 0.1) is 17.0 Å². The predicted molar refractivity (Wildman–Crippen MR) is 62.1 cm³/mol. The van der Waals surface area contributed by atoms with Gasteiger partial charge in [-0.1, -0.05) is 0 Å². The Morgan fingerprint density at radius 3 is 2.88 bits per heavy atom. The lowest BCUT2D eigenvalue weighted by molar-refractivity contribution is -0.388. The first-order valence-corrected chi connectivity index (χ1v) is 5.46. The topological polar surface area (TPSA) is 82.2 Å². The Bertz CT molecular complexity index is 449. The van der Waals surface area contributed by atoms with E-state index in [1.807, 2.05) is 6.92 Å². The summed E-state index contributed by atoms with van der Waals surface area (Å²) in [5.41, 5.74) is -0.259. The van der Waals surface area contributed by atoms with Gasteiger partial charge in [0.2, 0.25) is 11.6 Å². The van der Waals surface area contributed by atoms with Crippen LogP contribution in [0.1, 0.15) is 19.2 Å². The third-order valence-electron chi connectivity index (χ3n) is 3.11. The lowest BCUT2D eigenvalue weighted by atomic mass is 10.0. The monoisotopic (exact) mass is 240 g/mol. The molecule has 1 fully saturated rings. The Morgan fingerprint density at radius 1 is 1.65 bits per heavy atom. The Hall–Kier alpha value is -1.63. The molecule has 1 aliphatic rings. The largest absolute Gasteiger partial charge is 0.406 e. The highest BCUT2D eigenvalue weighted by Gasteiger charge is 2.34. The lowest BCUT2D eigenvalue weighted by Gasteiger charge is -2.24. The average molecular weight is 240 g/mol. The summed E-state index contributed by atoms with van der Waals surface area (Å²) in [4.78, 5) is 14.4. The molecule has 0 aliphatic carbocycles. The van der Waals surface area contributed by atoms with Crippen LogP contribution < -0.4 is 5.32 Å². The highest BCUT2D eigenvalue weighted by atomic mass is 16.6. The maximum absolute atomic E-state index is 10.9. The van der Waals surface area contributed by atoms with Crippen molar-refractivity contribution in [2.45, 2.75) is 25.8 Å². The number of nitrogens with one attached hydrogen (secondary N) is 1. The first kappa shape index (κ1) is 11.8. The highest BCUT2D eigenvalue weighted by Crippen LogP contribution is 2.30. The molecule has 94 valence electrons. The summed E-state index contributed by atoms with van der Waals surface area (Å²) in [5.74, 6) is 0.931. The molecule has 0 radical (unpaired) electrons. The average Bonchev–Trinajstić information content (AvgIpc) is 2.78. The summed E-state index contributed by atoms with van der Waals surface area (Å²) in [6.45, 7) is 4.96. The molecule has 1 N–H and O–H groups in total. The molecule has 0 spiro atoms. The minimum Gasteiger partial charge on any atom is -0.379 e. The second-order valence-corrected chi connectivity index (χ2v) is 4.64. The van der Waals surface area contributed by atoms with E-state index in [1.54, 1.807) is 18.5 Å². The molecule has 7 heteroatoms. The SMILES string of the molecule is Cc1nc([N+](=O)[O-])c(NC2(C)CCOC2)n1C. The van der Waals surface area contributed by atoms with Gasteiger partial charge in [0.05, 0.1) is 12.1 Å². The van der Waals surface area contributed by atoms with E-state index in [-0.39, 0.29) is 11.4 Å². The van der Waals surface area contributed by atoms with Crippen molar-refractivity contribution >= 4 is 11.6 Å². The Balaban J connectivity index is 2.34. The molecule has 1 unspecified atom stereocenters. The van der Waals surface area contributed by atoms with Gasteiger partial charge in [-0.15, -0.1) is 0 Å². The molecule has 2 rings (SSSR count). The zero-order valence-electron chi connectivity index (χ0n) is 10.2. The molecule has 0 amide bonds. The maximum Gasteiger partial charge on any atom is 0.406 e. The normalized spacial score (nSPS) is 23.9. The van der Waals surface area contributed by atoms with Gasteiger partial charge in [-0.3, -0.25) is 4.57 Å². The molecule has 17 heavy (non-hydrogen) atoms. The van der Waals surface area contributed by atoms with Gasteiger partial charge in [-0.2, -0.15) is 0 Å². The zero-order valence-corrected chi connectivity index (χ0v) is 10.2. The third kappa shape index (κ3) is 2.10. The van der Waals surface area contributed by atoms with Gasteiger partial charge in [-0.25, -0.2) is 0 Å². The molecular formula is C10H16N4O3. The van der Waals surface area contributed by atoms with Gasteiger partial charge in [0, 0.05) is 20.6 Å². The van der Waals surface area contributed by atoms with Crippen LogP contribution in [0.15, 0.2) is 0 Å². The summed E-state index contributed by atoms with van der Waals surface area (Å²) in [5, 5.41) is 14.1. The molecule has 1 aliphatic heterocycles. The molecule has 0 bridgehead atoms. The first-order chi connectivity index (χ1) is 7.93. The molecule has 1 saturated heterocycles. The van der Waals surface area contributed by atoms with Crippen LogP contribution in [0.4, 0.5) is 11.6 Å². The number of aryl methyl sites for hydroxylation is 1. The molecule has 7 nitrogen and oxygen atoms in total. The van der Waals surface area contributed by atoms with Crippen molar-refractivity contribution in [3.05, 3.63) is 15.9 Å². The van der Waals surface area contributed by atoms with E-state index in [9.17, 15) is 10.1 Å². The van der Waals surface area contributed by atoms with E-state index in [0.29, 0.717) is 24.9 Å². The van der Waals surface area contributed by atoms with Crippen molar-refractivity contribution in [1.82, 2.24) is 9.55 Å². The Labute approximate surface area is 98.9 Å². The maximum atomic E-state index is 10.9. The summed E-state index contributed by atoms with van der Waals surface area (Å²) >= 11 is 0. The van der Waals surface area contributed by atoms with Crippen molar-refractivity contribution < 1.29 is 9.66 Å². The van der Waals surface area contributed by atoms with E-state index >= 15 is 0 Å². The quantitative estimate of drug-likeness (QED) is 0.634. The van der Waals surface area contributed by atoms with Crippen LogP contribution in [0.25, 0.3) is 0 Å². The van der Waals surface area contributed by atoms with Crippen molar-refractivity contribution in [2.24, 2.45) is 7.05 Å². The van der Waals surface area contributed by atoms with Gasteiger partial charge in [0.15, 0.2) is 0 Å². The van der Waals surface area contributed by atoms with Gasteiger partial charge < -0.3 is 20.2 Å². The number of rotatable bonds is 3.